The van der Waals surface area contributed by atoms with Gasteiger partial charge in [0.15, 0.2) is 0 Å². The minimum absolute atomic E-state index is 0.122. The van der Waals surface area contributed by atoms with Crippen LogP contribution >= 0.6 is 0 Å². The Morgan fingerprint density at radius 3 is 2.85 bits per heavy atom. The van der Waals surface area contributed by atoms with Crippen molar-refractivity contribution in [2.24, 2.45) is 5.73 Å². The molecule has 1 aliphatic rings. The van der Waals surface area contributed by atoms with Gasteiger partial charge in [0, 0.05) is 13.2 Å². The van der Waals surface area contributed by atoms with Crippen LogP contribution in [0.25, 0.3) is 0 Å². The van der Waals surface area contributed by atoms with E-state index in [1.165, 1.54) is 0 Å². The molecule has 0 saturated carbocycles. The van der Waals surface area contributed by atoms with Gasteiger partial charge in [-0.2, -0.15) is 0 Å². The Kier molecular flexibility index (Phi) is 3.27. The lowest BCUT2D eigenvalue weighted by atomic mass is 10.1. The molecule has 0 radical (unpaired) electrons. The van der Waals surface area contributed by atoms with Crippen LogP contribution < -0.4 is 11.1 Å². The molecule has 1 amide bonds. The number of carbonyl (C=O) groups is 1. The summed E-state index contributed by atoms with van der Waals surface area (Å²) >= 11 is 0. The maximum atomic E-state index is 11.3. The van der Waals surface area contributed by atoms with Gasteiger partial charge in [-0.15, -0.1) is 0 Å². The number of hydrogen-bond donors (Lipinski definition) is 2. The van der Waals surface area contributed by atoms with E-state index in [2.05, 4.69) is 5.32 Å². The van der Waals surface area contributed by atoms with Crippen LogP contribution in [0.15, 0.2) is 0 Å². The molecule has 0 spiro atoms. The Balaban J connectivity index is 2.22. The molecule has 0 aromatic rings. The Bertz CT molecular complexity index is 181. The summed E-state index contributed by atoms with van der Waals surface area (Å²) in [6.45, 7) is 4.78. The topological polar surface area (TPSA) is 64.4 Å². The van der Waals surface area contributed by atoms with Gasteiger partial charge in [0.2, 0.25) is 5.91 Å². The third kappa shape index (κ3) is 3.32. The van der Waals surface area contributed by atoms with E-state index < -0.39 is 5.54 Å². The first-order valence-electron chi connectivity index (χ1n) is 4.69. The summed E-state index contributed by atoms with van der Waals surface area (Å²) in [4.78, 5) is 11.3. The molecular formula is C9H18N2O2. The first-order valence-corrected chi connectivity index (χ1v) is 4.69. The molecule has 1 saturated heterocycles. The number of hydrogen-bond acceptors (Lipinski definition) is 3. The zero-order chi connectivity index (χ0) is 9.90. The molecule has 1 atom stereocenters. The highest BCUT2D eigenvalue weighted by molar-refractivity contribution is 5.85. The zero-order valence-electron chi connectivity index (χ0n) is 8.30. The van der Waals surface area contributed by atoms with Crippen molar-refractivity contribution < 1.29 is 9.53 Å². The molecule has 76 valence electrons. The highest BCUT2D eigenvalue weighted by Gasteiger charge is 2.23. The van der Waals surface area contributed by atoms with Crippen LogP contribution in [-0.2, 0) is 9.53 Å². The third-order valence-electron chi connectivity index (χ3n) is 2.10. The van der Waals surface area contributed by atoms with Crippen LogP contribution in [0.3, 0.4) is 0 Å². The minimum Gasteiger partial charge on any atom is -0.376 e. The quantitative estimate of drug-likeness (QED) is 0.653. The zero-order valence-corrected chi connectivity index (χ0v) is 8.30. The van der Waals surface area contributed by atoms with Gasteiger partial charge in [-0.1, -0.05) is 0 Å². The average molecular weight is 186 g/mol. The third-order valence-corrected chi connectivity index (χ3v) is 2.10. The normalized spacial score (nSPS) is 23.2. The first kappa shape index (κ1) is 10.5. The smallest absolute Gasteiger partial charge is 0.239 e. The lowest BCUT2D eigenvalue weighted by Gasteiger charge is -2.19. The summed E-state index contributed by atoms with van der Waals surface area (Å²) in [7, 11) is 0. The lowest BCUT2D eigenvalue weighted by Crippen LogP contribution is -2.50. The Hall–Kier alpha value is -0.610. The van der Waals surface area contributed by atoms with E-state index in [1.54, 1.807) is 13.8 Å². The second-order valence-electron chi connectivity index (χ2n) is 4.07. The first-order chi connectivity index (χ1) is 6.00. The molecule has 3 N–H and O–H groups in total. The molecular weight excluding hydrogens is 168 g/mol. The van der Waals surface area contributed by atoms with E-state index in [1.807, 2.05) is 0 Å². The fraction of sp³-hybridized carbons (Fsp3) is 0.889. The van der Waals surface area contributed by atoms with Crippen molar-refractivity contribution in [1.29, 1.82) is 0 Å². The molecule has 4 heteroatoms. The van der Waals surface area contributed by atoms with E-state index in [9.17, 15) is 4.79 Å². The maximum absolute atomic E-state index is 11.3. The van der Waals surface area contributed by atoms with Crippen molar-refractivity contribution in [2.75, 3.05) is 13.2 Å². The van der Waals surface area contributed by atoms with Crippen LogP contribution in [0.2, 0.25) is 0 Å². The predicted octanol–water partition coefficient (Wildman–Crippen LogP) is 0.0189. The van der Waals surface area contributed by atoms with Crippen molar-refractivity contribution in [2.45, 2.75) is 38.3 Å². The molecule has 0 unspecified atom stereocenters. The fourth-order valence-corrected chi connectivity index (χ4v) is 1.24. The monoisotopic (exact) mass is 186 g/mol. The van der Waals surface area contributed by atoms with E-state index in [0.29, 0.717) is 6.54 Å². The second kappa shape index (κ2) is 4.07. The van der Waals surface area contributed by atoms with Crippen LogP contribution in [0.5, 0.6) is 0 Å². The fourth-order valence-electron chi connectivity index (χ4n) is 1.24. The van der Waals surface area contributed by atoms with E-state index >= 15 is 0 Å². The van der Waals surface area contributed by atoms with Crippen molar-refractivity contribution >= 4 is 5.91 Å². The Morgan fingerprint density at radius 2 is 2.38 bits per heavy atom. The molecule has 1 heterocycles. The summed E-state index contributed by atoms with van der Waals surface area (Å²) in [5.74, 6) is -0.122. The van der Waals surface area contributed by atoms with Crippen molar-refractivity contribution in [3.8, 4) is 0 Å². The average Bonchev–Trinajstić information content (AvgIpc) is 2.50. The highest BCUT2D eigenvalue weighted by atomic mass is 16.5. The summed E-state index contributed by atoms with van der Waals surface area (Å²) in [5.41, 5.74) is 4.82. The molecule has 0 aromatic heterocycles. The van der Waals surface area contributed by atoms with Gasteiger partial charge < -0.3 is 15.8 Å². The summed E-state index contributed by atoms with van der Waals surface area (Å²) < 4.78 is 5.36. The number of carbonyl (C=O) groups excluding carboxylic acids is 1. The molecule has 13 heavy (non-hydrogen) atoms. The summed E-state index contributed by atoms with van der Waals surface area (Å²) in [5, 5.41) is 2.78. The highest BCUT2D eigenvalue weighted by Crippen LogP contribution is 2.10. The molecule has 0 aromatic carbocycles. The van der Waals surface area contributed by atoms with Gasteiger partial charge in [0.05, 0.1) is 11.6 Å². The van der Waals surface area contributed by atoms with Gasteiger partial charge in [0.25, 0.3) is 0 Å². The minimum atomic E-state index is -0.793. The van der Waals surface area contributed by atoms with Crippen LogP contribution in [0.1, 0.15) is 26.7 Å². The maximum Gasteiger partial charge on any atom is 0.239 e. The van der Waals surface area contributed by atoms with E-state index in [0.717, 1.165) is 19.4 Å². The largest absolute Gasteiger partial charge is 0.376 e. The summed E-state index contributed by atoms with van der Waals surface area (Å²) in [6.07, 6.45) is 2.31. The SMILES string of the molecule is CC(C)(N)C(=O)NC[C@H]1CCCO1. The molecule has 1 aliphatic heterocycles. The lowest BCUT2D eigenvalue weighted by molar-refractivity contribution is -0.125. The van der Waals surface area contributed by atoms with Crippen LogP contribution in [-0.4, -0.2) is 30.7 Å². The second-order valence-corrected chi connectivity index (χ2v) is 4.07. The van der Waals surface area contributed by atoms with Gasteiger partial charge in [0.1, 0.15) is 0 Å². The van der Waals surface area contributed by atoms with Gasteiger partial charge in [-0.3, -0.25) is 4.79 Å². The van der Waals surface area contributed by atoms with Gasteiger partial charge in [-0.25, -0.2) is 0 Å². The Morgan fingerprint density at radius 1 is 1.69 bits per heavy atom. The van der Waals surface area contributed by atoms with Crippen LogP contribution in [0, 0.1) is 0 Å². The standard InChI is InChI=1S/C9H18N2O2/c1-9(2,10)8(12)11-6-7-4-3-5-13-7/h7H,3-6,10H2,1-2H3,(H,11,12)/t7-/m1/s1. The molecule has 0 bridgehead atoms. The number of rotatable bonds is 3. The Labute approximate surface area is 78.8 Å². The van der Waals surface area contributed by atoms with Crippen molar-refractivity contribution in [3.63, 3.8) is 0 Å². The van der Waals surface area contributed by atoms with Crippen molar-refractivity contribution in [1.82, 2.24) is 5.32 Å². The van der Waals surface area contributed by atoms with Crippen LogP contribution in [0.4, 0.5) is 0 Å². The molecule has 4 nitrogen and oxygen atoms in total. The molecule has 1 rings (SSSR count). The van der Waals surface area contributed by atoms with Gasteiger partial charge in [-0.05, 0) is 26.7 Å². The summed E-state index contributed by atoms with van der Waals surface area (Å²) in [6, 6.07) is 0. The van der Waals surface area contributed by atoms with Gasteiger partial charge >= 0.3 is 0 Å². The number of nitrogens with one attached hydrogen (secondary N) is 1. The molecule has 0 aliphatic carbocycles. The van der Waals surface area contributed by atoms with Crippen molar-refractivity contribution in [3.05, 3.63) is 0 Å². The van der Waals surface area contributed by atoms with E-state index in [4.69, 9.17) is 10.5 Å². The van der Waals surface area contributed by atoms with E-state index in [-0.39, 0.29) is 12.0 Å². The number of nitrogens with two attached hydrogens (primary N) is 1. The molecule has 1 fully saturated rings. The number of ether oxygens (including phenoxy) is 1. The number of amides is 1. The predicted molar refractivity (Wildman–Crippen MR) is 50.3 cm³/mol.